The molecule has 0 heterocycles. The lowest BCUT2D eigenvalue weighted by Gasteiger charge is -2.15. The summed E-state index contributed by atoms with van der Waals surface area (Å²) in [6, 6.07) is 0. The number of nitrogens with one attached hydrogen (secondary N) is 1. The van der Waals surface area contributed by atoms with Crippen molar-refractivity contribution < 1.29 is 37.9 Å². The normalized spacial score (nSPS) is 14.4. The lowest BCUT2D eigenvalue weighted by Crippen LogP contribution is -2.27. The Hall–Kier alpha value is -3.07. The first-order valence-electron chi connectivity index (χ1n) is 20.2. The Bertz CT molecular complexity index is 1200. The SMILES string of the molecule is CC/C=C\C/C=C\C/C=C\C/C=C\C/C=C\C/C=C\CCC(=O)OCC(O)COP(=O)(O)OCCNC(=O)CCCCCCC/C=C\C/C=C\CCCC. The van der Waals surface area contributed by atoms with Crippen LogP contribution in [0.15, 0.2) is 97.2 Å². The number of unbranched alkanes of at least 4 members (excludes halogenated alkanes) is 7. The number of carbonyl (C=O) groups excluding carboxylic acids is 2. The minimum Gasteiger partial charge on any atom is -0.463 e. The molecule has 0 aromatic carbocycles. The zero-order chi connectivity index (χ0) is 39.6. The van der Waals surface area contributed by atoms with Crippen LogP contribution in [-0.4, -0.2) is 54.3 Å². The highest BCUT2D eigenvalue weighted by molar-refractivity contribution is 7.47. The van der Waals surface area contributed by atoms with Crippen molar-refractivity contribution >= 4 is 19.7 Å². The third kappa shape index (κ3) is 40.1. The molecule has 10 heteroatoms. The van der Waals surface area contributed by atoms with E-state index >= 15 is 0 Å². The zero-order valence-electron chi connectivity index (χ0n) is 33.4. The molecule has 0 spiro atoms. The van der Waals surface area contributed by atoms with Gasteiger partial charge in [0.25, 0.3) is 0 Å². The third-order valence-corrected chi connectivity index (χ3v) is 8.75. The van der Waals surface area contributed by atoms with Crippen molar-refractivity contribution in [2.45, 2.75) is 142 Å². The molecule has 3 N–H and O–H groups in total. The molecule has 0 rings (SSSR count). The molecule has 0 aliphatic heterocycles. The lowest BCUT2D eigenvalue weighted by molar-refractivity contribution is -0.147. The Morgan fingerprint density at radius 1 is 0.593 bits per heavy atom. The van der Waals surface area contributed by atoms with Crippen molar-refractivity contribution in [3.8, 4) is 0 Å². The number of hydrogen-bond acceptors (Lipinski definition) is 7. The molecular weight excluding hydrogens is 701 g/mol. The molecule has 0 saturated heterocycles. The van der Waals surface area contributed by atoms with Crippen molar-refractivity contribution in [3.63, 3.8) is 0 Å². The van der Waals surface area contributed by atoms with Crippen LogP contribution in [0.2, 0.25) is 0 Å². The van der Waals surface area contributed by atoms with Gasteiger partial charge in [-0.15, -0.1) is 0 Å². The second kappa shape index (κ2) is 39.6. The fraction of sp³-hybridized carbons (Fsp3) is 0.591. The first-order valence-corrected chi connectivity index (χ1v) is 21.7. The molecule has 1 amide bonds. The molecule has 0 aliphatic carbocycles. The van der Waals surface area contributed by atoms with Gasteiger partial charge in [0.05, 0.1) is 13.2 Å². The van der Waals surface area contributed by atoms with Crippen molar-refractivity contribution in [1.82, 2.24) is 5.32 Å². The quantitative estimate of drug-likeness (QED) is 0.0248. The van der Waals surface area contributed by atoms with Crippen molar-refractivity contribution in [2.75, 3.05) is 26.4 Å². The minimum atomic E-state index is -4.44. The van der Waals surface area contributed by atoms with Crippen LogP contribution in [0.3, 0.4) is 0 Å². The van der Waals surface area contributed by atoms with E-state index in [9.17, 15) is 24.2 Å². The maximum absolute atomic E-state index is 12.1. The van der Waals surface area contributed by atoms with Crippen LogP contribution in [0.1, 0.15) is 136 Å². The van der Waals surface area contributed by atoms with E-state index in [2.05, 4.69) is 104 Å². The van der Waals surface area contributed by atoms with Gasteiger partial charge in [0, 0.05) is 19.4 Å². The summed E-state index contributed by atoms with van der Waals surface area (Å²) in [4.78, 5) is 33.8. The van der Waals surface area contributed by atoms with Crippen LogP contribution < -0.4 is 5.32 Å². The van der Waals surface area contributed by atoms with Crippen LogP contribution in [-0.2, 0) is 27.9 Å². The van der Waals surface area contributed by atoms with Gasteiger partial charge in [0.2, 0.25) is 5.91 Å². The van der Waals surface area contributed by atoms with E-state index in [-0.39, 0.29) is 32.1 Å². The van der Waals surface area contributed by atoms with Gasteiger partial charge in [-0.25, -0.2) is 4.57 Å². The Morgan fingerprint density at radius 2 is 1.07 bits per heavy atom. The average Bonchev–Trinajstić information content (AvgIpc) is 3.16. The highest BCUT2D eigenvalue weighted by Gasteiger charge is 2.23. The van der Waals surface area contributed by atoms with E-state index in [1.807, 2.05) is 12.2 Å². The number of hydrogen-bond donors (Lipinski definition) is 3. The largest absolute Gasteiger partial charge is 0.472 e. The number of rotatable bonds is 36. The highest BCUT2D eigenvalue weighted by Crippen LogP contribution is 2.42. The predicted octanol–water partition coefficient (Wildman–Crippen LogP) is 11.0. The molecule has 306 valence electrons. The molecule has 2 unspecified atom stereocenters. The first-order chi connectivity index (χ1) is 26.3. The van der Waals surface area contributed by atoms with E-state index < -0.39 is 26.5 Å². The van der Waals surface area contributed by atoms with E-state index in [1.54, 1.807) is 0 Å². The standard InChI is InChI=1S/C44H72NO8P/c1-3-5-7-9-11-13-15-17-19-20-21-22-23-25-27-29-31-33-35-37-44(48)51-40-42(46)41-53-54(49,50)52-39-38-45-43(47)36-34-32-30-28-26-24-18-16-14-12-10-8-6-4-2/h5,7,10-13,16-19,21-22,25,27,31,33,42,46H,3-4,6,8-9,14-15,20,23-24,26,28-30,32,34-41H2,1-2H3,(H,45,47)(H,49,50)/b7-5-,12-10-,13-11-,18-16-,19-17-,22-21-,27-25-,33-31-. The average molecular weight is 774 g/mol. The number of ether oxygens (including phenoxy) is 1. The summed E-state index contributed by atoms with van der Waals surface area (Å²) < 4.78 is 26.7. The van der Waals surface area contributed by atoms with Gasteiger partial charge < -0.3 is 20.1 Å². The number of amides is 1. The minimum absolute atomic E-state index is 0.0593. The summed E-state index contributed by atoms with van der Waals surface area (Å²) in [7, 11) is -4.44. The van der Waals surface area contributed by atoms with Gasteiger partial charge in [0.15, 0.2) is 0 Å². The molecule has 0 saturated carbocycles. The number of phosphoric ester groups is 1. The second-order valence-electron chi connectivity index (χ2n) is 12.9. The van der Waals surface area contributed by atoms with Gasteiger partial charge in [-0.2, -0.15) is 0 Å². The Kier molecular flexibility index (Phi) is 37.4. The third-order valence-electron chi connectivity index (χ3n) is 7.76. The molecule has 0 aliphatic rings. The topological polar surface area (TPSA) is 131 Å². The Morgan fingerprint density at radius 3 is 1.63 bits per heavy atom. The Labute approximate surface area is 327 Å². The summed E-state index contributed by atoms with van der Waals surface area (Å²) in [5.74, 6) is -0.627. The molecule has 0 aromatic rings. The maximum atomic E-state index is 12.1. The number of phosphoric acid groups is 1. The number of carbonyl (C=O) groups is 2. The van der Waals surface area contributed by atoms with Gasteiger partial charge in [0.1, 0.15) is 12.7 Å². The molecule has 0 fully saturated rings. The number of aliphatic hydroxyl groups excluding tert-OH is 1. The van der Waals surface area contributed by atoms with E-state index in [1.165, 1.54) is 19.3 Å². The number of esters is 1. The van der Waals surface area contributed by atoms with Crippen molar-refractivity contribution in [3.05, 3.63) is 97.2 Å². The predicted molar refractivity (Wildman–Crippen MR) is 224 cm³/mol. The smallest absolute Gasteiger partial charge is 0.463 e. The molecular formula is C44H72NO8P. The van der Waals surface area contributed by atoms with Crippen LogP contribution in [0, 0.1) is 0 Å². The fourth-order valence-electron chi connectivity index (χ4n) is 4.71. The Balaban J connectivity index is 3.78. The molecule has 2 atom stereocenters. The summed E-state index contributed by atoms with van der Waals surface area (Å²) >= 11 is 0. The summed E-state index contributed by atoms with van der Waals surface area (Å²) in [6.45, 7) is 3.26. The van der Waals surface area contributed by atoms with Gasteiger partial charge in [-0.1, -0.05) is 143 Å². The summed E-state index contributed by atoms with van der Waals surface area (Å²) in [5.41, 5.74) is 0. The zero-order valence-corrected chi connectivity index (χ0v) is 34.3. The maximum Gasteiger partial charge on any atom is 0.472 e. The van der Waals surface area contributed by atoms with Crippen LogP contribution in [0.25, 0.3) is 0 Å². The van der Waals surface area contributed by atoms with Crippen molar-refractivity contribution in [1.29, 1.82) is 0 Å². The van der Waals surface area contributed by atoms with Gasteiger partial charge in [-0.3, -0.25) is 18.6 Å². The number of allylic oxidation sites excluding steroid dienone is 16. The number of aliphatic hydroxyl groups is 1. The molecule has 54 heavy (non-hydrogen) atoms. The van der Waals surface area contributed by atoms with Crippen LogP contribution >= 0.6 is 7.82 Å². The van der Waals surface area contributed by atoms with E-state index in [0.29, 0.717) is 12.8 Å². The molecule has 0 aromatic heterocycles. The fourth-order valence-corrected chi connectivity index (χ4v) is 5.47. The lowest BCUT2D eigenvalue weighted by atomic mass is 10.1. The van der Waals surface area contributed by atoms with Gasteiger partial charge >= 0.3 is 13.8 Å². The van der Waals surface area contributed by atoms with E-state index in [4.69, 9.17) is 13.8 Å². The molecule has 0 radical (unpaired) electrons. The second-order valence-corrected chi connectivity index (χ2v) is 14.3. The van der Waals surface area contributed by atoms with E-state index in [0.717, 1.165) is 83.5 Å². The van der Waals surface area contributed by atoms with Gasteiger partial charge in [-0.05, 0) is 77.0 Å². The molecule has 0 bridgehead atoms. The monoisotopic (exact) mass is 773 g/mol. The first kappa shape index (κ1) is 50.9. The summed E-state index contributed by atoms with van der Waals surface area (Å²) in [5, 5.41) is 12.6. The van der Waals surface area contributed by atoms with Crippen LogP contribution in [0.4, 0.5) is 0 Å². The highest BCUT2D eigenvalue weighted by atomic mass is 31.2. The summed E-state index contributed by atoms with van der Waals surface area (Å²) in [6.07, 6.45) is 50.6. The molecule has 9 nitrogen and oxygen atoms in total. The van der Waals surface area contributed by atoms with Crippen LogP contribution in [0.5, 0.6) is 0 Å². The van der Waals surface area contributed by atoms with Crippen molar-refractivity contribution in [2.24, 2.45) is 0 Å².